The molecular formula is C24H17ClIN3O5S. The van der Waals surface area contributed by atoms with Crippen LogP contribution in [0, 0.1) is 13.7 Å². The summed E-state index contributed by atoms with van der Waals surface area (Å²) in [5.41, 5.74) is 4.02. The Hall–Kier alpha value is -3.22. The SMILES string of the molecule is COc1cc(/C=N\NC(=O)c2cc3cc([N+](=O)[O-])ccc3s2)cc(I)c1OCc1ccccc1Cl. The largest absolute Gasteiger partial charge is 0.493 e. The maximum atomic E-state index is 12.5. The van der Waals surface area contributed by atoms with Crippen LogP contribution in [0.4, 0.5) is 5.69 Å². The summed E-state index contributed by atoms with van der Waals surface area (Å²) >= 11 is 9.58. The van der Waals surface area contributed by atoms with Gasteiger partial charge in [0.15, 0.2) is 11.5 Å². The van der Waals surface area contributed by atoms with Crippen molar-refractivity contribution in [1.29, 1.82) is 0 Å². The molecule has 8 nitrogen and oxygen atoms in total. The summed E-state index contributed by atoms with van der Waals surface area (Å²) in [6, 6.07) is 17.1. The monoisotopic (exact) mass is 621 g/mol. The molecule has 0 fully saturated rings. The van der Waals surface area contributed by atoms with Crippen molar-refractivity contribution < 1.29 is 19.2 Å². The number of rotatable bonds is 8. The van der Waals surface area contributed by atoms with Crippen LogP contribution in [0.3, 0.4) is 0 Å². The van der Waals surface area contributed by atoms with E-state index in [2.05, 4.69) is 33.1 Å². The van der Waals surface area contributed by atoms with Gasteiger partial charge in [-0.25, -0.2) is 5.43 Å². The zero-order valence-electron chi connectivity index (χ0n) is 18.2. The zero-order valence-corrected chi connectivity index (χ0v) is 21.9. The fourth-order valence-electron chi connectivity index (χ4n) is 3.20. The highest BCUT2D eigenvalue weighted by molar-refractivity contribution is 14.1. The minimum Gasteiger partial charge on any atom is -0.493 e. The smallest absolute Gasteiger partial charge is 0.281 e. The Morgan fingerprint density at radius 3 is 2.77 bits per heavy atom. The average molecular weight is 622 g/mol. The number of hydrogen-bond acceptors (Lipinski definition) is 7. The lowest BCUT2D eigenvalue weighted by atomic mass is 10.2. The standard InChI is InChI=1S/C24H17ClIN3O5S/c1-33-20-9-14(8-19(26)23(20)34-13-15-4-2-3-5-18(15)25)12-27-28-24(30)22-11-16-10-17(29(31)32)6-7-21(16)35-22/h2-12H,13H2,1H3,(H,28,30)/b27-12-. The maximum absolute atomic E-state index is 12.5. The highest BCUT2D eigenvalue weighted by atomic mass is 127. The van der Waals surface area contributed by atoms with Crippen LogP contribution in [0.15, 0.2) is 65.8 Å². The highest BCUT2D eigenvalue weighted by Gasteiger charge is 2.14. The lowest BCUT2D eigenvalue weighted by molar-refractivity contribution is -0.384. The number of amides is 1. The van der Waals surface area contributed by atoms with Crippen LogP contribution in [-0.2, 0) is 6.61 Å². The summed E-state index contributed by atoms with van der Waals surface area (Å²) in [6.45, 7) is 0.286. The molecule has 0 aliphatic heterocycles. The van der Waals surface area contributed by atoms with Crippen LogP contribution in [0.5, 0.6) is 11.5 Å². The molecule has 0 atom stereocenters. The van der Waals surface area contributed by atoms with Crippen LogP contribution < -0.4 is 14.9 Å². The minimum atomic E-state index is -0.468. The normalized spacial score (nSPS) is 11.1. The molecule has 0 aliphatic carbocycles. The van der Waals surface area contributed by atoms with Gasteiger partial charge in [-0.1, -0.05) is 29.8 Å². The summed E-state index contributed by atoms with van der Waals surface area (Å²) in [6.07, 6.45) is 1.50. The van der Waals surface area contributed by atoms with Gasteiger partial charge in [0, 0.05) is 32.8 Å². The molecule has 0 bridgehead atoms. The van der Waals surface area contributed by atoms with Crippen molar-refractivity contribution in [2.24, 2.45) is 5.10 Å². The van der Waals surface area contributed by atoms with Crippen molar-refractivity contribution >= 4 is 73.4 Å². The Kier molecular flexibility index (Phi) is 7.83. The number of methoxy groups -OCH3 is 1. The van der Waals surface area contributed by atoms with Crippen molar-refractivity contribution in [1.82, 2.24) is 5.43 Å². The molecule has 1 heterocycles. The first-order valence-electron chi connectivity index (χ1n) is 10.1. The lowest BCUT2D eigenvalue weighted by Gasteiger charge is -2.14. The van der Waals surface area contributed by atoms with E-state index in [0.29, 0.717) is 32.3 Å². The van der Waals surface area contributed by atoms with Crippen molar-refractivity contribution in [2.45, 2.75) is 6.61 Å². The predicted molar refractivity (Wildman–Crippen MR) is 145 cm³/mol. The number of halogens is 2. The number of hydrazone groups is 1. The summed E-state index contributed by atoms with van der Waals surface area (Å²) in [5.74, 6) is 0.683. The van der Waals surface area contributed by atoms with E-state index in [4.69, 9.17) is 21.1 Å². The highest BCUT2D eigenvalue weighted by Crippen LogP contribution is 2.34. The topological polar surface area (TPSA) is 103 Å². The summed E-state index contributed by atoms with van der Waals surface area (Å²) < 4.78 is 13.0. The molecule has 1 amide bonds. The van der Waals surface area contributed by atoms with Gasteiger partial charge in [0.2, 0.25) is 0 Å². The van der Waals surface area contributed by atoms with E-state index >= 15 is 0 Å². The van der Waals surface area contributed by atoms with Gasteiger partial charge in [-0.05, 0) is 58.5 Å². The van der Waals surface area contributed by atoms with Gasteiger partial charge < -0.3 is 9.47 Å². The molecule has 11 heteroatoms. The number of non-ortho nitro benzene ring substituents is 1. The molecule has 0 unspecified atom stereocenters. The first-order chi connectivity index (χ1) is 16.9. The second-order valence-electron chi connectivity index (χ2n) is 7.20. The third-order valence-electron chi connectivity index (χ3n) is 4.90. The van der Waals surface area contributed by atoms with Crippen LogP contribution in [0.25, 0.3) is 10.1 Å². The van der Waals surface area contributed by atoms with Crippen molar-refractivity contribution in [3.63, 3.8) is 0 Å². The van der Waals surface area contributed by atoms with E-state index < -0.39 is 10.8 Å². The predicted octanol–water partition coefficient (Wildman–Crippen LogP) is 6.42. The number of carbonyl (C=O) groups is 1. The van der Waals surface area contributed by atoms with Gasteiger partial charge in [0.05, 0.1) is 26.7 Å². The molecule has 4 aromatic rings. The number of hydrogen-bond donors (Lipinski definition) is 1. The number of benzene rings is 3. The van der Waals surface area contributed by atoms with Gasteiger partial charge in [-0.3, -0.25) is 14.9 Å². The Morgan fingerprint density at radius 2 is 2.03 bits per heavy atom. The molecule has 0 spiro atoms. The first-order valence-corrected chi connectivity index (χ1v) is 12.4. The molecule has 35 heavy (non-hydrogen) atoms. The van der Waals surface area contributed by atoms with Crippen LogP contribution in [0.2, 0.25) is 5.02 Å². The lowest BCUT2D eigenvalue weighted by Crippen LogP contribution is -2.16. The van der Waals surface area contributed by atoms with Gasteiger partial charge in [0.25, 0.3) is 11.6 Å². The Labute approximate surface area is 222 Å². The van der Waals surface area contributed by atoms with E-state index in [1.165, 1.54) is 29.7 Å². The van der Waals surface area contributed by atoms with Crippen LogP contribution in [-0.4, -0.2) is 24.2 Å². The molecule has 1 aromatic heterocycles. The Bertz CT molecular complexity index is 1460. The molecule has 0 saturated heterocycles. The number of nitrogens with zero attached hydrogens (tertiary/aromatic N) is 2. The van der Waals surface area contributed by atoms with Crippen LogP contribution >= 0.6 is 45.5 Å². The van der Waals surface area contributed by atoms with E-state index in [0.717, 1.165) is 13.8 Å². The third-order valence-corrected chi connectivity index (χ3v) is 7.18. The summed E-state index contributed by atoms with van der Waals surface area (Å²) in [5, 5.41) is 16.2. The molecule has 0 aliphatic rings. The van der Waals surface area contributed by atoms with Gasteiger partial charge in [-0.15, -0.1) is 11.3 Å². The first kappa shape index (κ1) is 24.9. The molecule has 0 saturated carbocycles. The average Bonchev–Trinajstić information content (AvgIpc) is 3.27. The molecular weight excluding hydrogens is 605 g/mol. The number of fused-ring (bicyclic) bond motifs is 1. The Balaban J connectivity index is 1.45. The van der Waals surface area contributed by atoms with E-state index in [1.807, 2.05) is 24.3 Å². The molecule has 178 valence electrons. The summed E-state index contributed by atoms with van der Waals surface area (Å²) in [4.78, 5) is 23.4. The molecule has 1 N–H and O–H groups in total. The van der Waals surface area contributed by atoms with Crippen LogP contribution in [0.1, 0.15) is 20.8 Å². The molecule has 0 radical (unpaired) electrons. The number of ether oxygens (including phenoxy) is 2. The zero-order chi connectivity index (χ0) is 24.9. The fraction of sp³-hybridized carbons (Fsp3) is 0.0833. The maximum Gasteiger partial charge on any atom is 0.281 e. The third kappa shape index (κ3) is 5.89. The van der Waals surface area contributed by atoms with E-state index in [1.54, 1.807) is 31.4 Å². The number of nitrogens with one attached hydrogen (secondary N) is 1. The van der Waals surface area contributed by atoms with Gasteiger partial charge in [0.1, 0.15) is 6.61 Å². The summed E-state index contributed by atoms with van der Waals surface area (Å²) in [7, 11) is 1.54. The van der Waals surface area contributed by atoms with Gasteiger partial charge in [-0.2, -0.15) is 5.10 Å². The van der Waals surface area contributed by atoms with Crippen molar-refractivity contribution in [3.05, 3.63) is 95.4 Å². The number of carbonyl (C=O) groups excluding carboxylic acids is 1. The number of thiophene rings is 1. The molecule has 3 aromatic carbocycles. The second-order valence-corrected chi connectivity index (χ2v) is 9.86. The number of nitro groups is 1. The van der Waals surface area contributed by atoms with E-state index in [-0.39, 0.29) is 12.3 Å². The van der Waals surface area contributed by atoms with Crippen molar-refractivity contribution in [2.75, 3.05) is 7.11 Å². The minimum absolute atomic E-state index is 0.0249. The fourth-order valence-corrected chi connectivity index (χ4v) is 5.10. The molecule has 4 rings (SSSR count). The second kappa shape index (κ2) is 11.0. The number of nitro benzene ring substituents is 1. The van der Waals surface area contributed by atoms with Gasteiger partial charge >= 0.3 is 0 Å². The Morgan fingerprint density at radius 1 is 1.23 bits per heavy atom. The van der Waals surface area contributed by atoms with E-state index in [9.17, 15) is 14.9 Å². The quantitative estimate of drug-likeness (QED) is 0.106. The van der Waals surface area contributed by atoms with Crippen molar-refractivity contribution in [3.8, 4) is 11.5 Å².